The molecule has 0 radical (unpaired) electrons. The van der Waals surface area contributed by atoms with Gasteiger partial charge in [0.2, 0.25) is 0 Å². The highest BCUT2D eigenvalue weighted by Gasteiger charge is 2.26. The van der Waals surface area contributed by atoms with Crippen LogP contribution in [0.25, 0.3) is 10.2 Å². The lowest BCUT2D eigenvalue weighted by Crippen LogP contribution is -2.30. The summed E-state index contributed by atoms with van der Waals surface area (Å²) in [4.78, 5) is 24.1. The summed E-state index contributed by atoms with van der Waals surface area (Å²) < 4.78 is 17.4. The van der Waals surface area contributed by atoms with Crippen molar-refractivity contribution in [3.8, 4) is 11.5 Å². The van der Waals surface area contributed by atoms with E-state index in [1.165, 1.54) is 11.3 Å². The van der Waals surface area contributed by atoms with Crippen LogP contribution in [0.15, 0.2) is 47.1 Å². The number of amides is 1. The minimum atomic E-state index is -0.190. The smallest absolute Gasteiger partial charge is 0.263 e. The van der Waals surface area contributed by atoms with Crippen LogP contribution in [0.1, 0.15) is 27.4 Å². The second-order valence-corrected chi connectivity index (χ2v) is 7.70. The predicted octanol–water partition coefficient (Wildman–Crippen LogP) is 4.77. The van der Waals surface area contributed by atoms with E-state index in [4.69, 9.17) is 18.9 Å². The number of carbonyl (C=O) groups excluding carboxylic acids is 1. The molecule has 1 amide bonds. The number of hydrogen-bond acceptors (Lipinski definition) is 7. The van der Waals surface area contributed by atoms with E-state index in [-0.39, 0.29) is 5.91 Å². The molecule has 0 aliphatic carbocycles. The van der Waals surface area contributed by atoms with Crippen molar-refractivity contribution in [1.29, 1.82) is 0 Å². The molecule has 0 unspecified atom stereocenters. The van der Waals surface area contributed by atoms with Gasteiger partial charge >= 0.3 is 0 Å². The van der Waals surface area contributed by atoms with Gasteiger partial charge in [0.1, 0.15) is 33.2 Å². The molecule has 0 saturated carbocycles. The number of anilines is 1. The molecule has 0 aliphatic rings. The Hall–Kier alpha value is -3.39. The lowest BCUT2D eigenvalue weighted by Gasteiger charge is -2.19. The van der Waals surface area contributed by atoms with Crippen molar-refractivity contribution in [2.24, 2.45) is 0 Å². The van der Waals surface area contributed by atoms with Crippen LogP contribution in [0.2, 0.25) is 0 Å². The molecule has 3 heterocycles. The van der Waals surface area contributed by atoms with Crippen molar-refractivity contribution in [2.75, 3.05) is 19.1 Å². The fraction of sp³-hybridized carbons (Fsp3) is 0.227. The Balaban J connectivity index is 1.85. The highest BCUT2D eigenvalue weighted by molar-refractivity contribution is 7.22. The lowest BCUT2D eigenvalue weighted by molar-refractivity contribution is 0.0983. The number of fused-ring (bicyclic) bond motifs is 1. The van der Waals surface area contributed by atoms with Gasteiger partial charge < -0.3 is 13.9 Å². The highest BCUT2D eigenvalue weighted by atomic mass is 32.1. The van der Waals surface area contributed by atoms with E-state index in [0.717, 1.165) is 10.3 Å². The summed E-state index contributed by atoms with van der Waals surface area (Å²) in [6, 6.07) is 9.16. The van der Waals surface area contributed by atoms with Gasteiger partial charge in [-0.1, -0.05) is 17.4 Å². The number of nitrogens with zero attached hydrogens (tertiary/aromatic N) is 3. The van der Waals surface area contributed by atoms with Gasteiger partial charge in [-0.3, -0.25) is 14.7 Å². The summed E-state index contributed by atoms with van der Waals surface area (Å²) >= 11 is 1.38. The molecule has 0 saturated heterocycles. The summed E-state index contributed by atoms with van der Waals surface area (Å²) in [5.41, 5.74) is 2.05. The molecule has 0 atom stereocenters. The van der Waals surface area contributed by atoms with Gasteiger partial charge in [-0.25, -0.2) is 4.98 Å². The first kappa shape index (κ1) is 19.9. The summed E-state index contributed by atoms with van der Waals surface area (Å²) in [5.74, 6) is 2.37. The molecule has 4 rings (SSSR count). The third kappa shape index (κ3) is 3.61. The van der Waals surface area contributed by atoms with Gasteiger partial charge in [-0.2, -0.15) is 0 Å². The minimum absolute atomic E-state index is 0.190. The Labute approximate surface area is 177 Å². The maximum absolute atomic E-state index is 13.5. The molecule has 0 N–H and O–H groups in total. The SMILES string of the molecule is COc1ccc(OC)c2sc(N(Cc3cccnc3)C(=O)c3cc(C)oc3C)nc12. The average Bonchev–Trinajstić information content (AvgIpc) is 3.34. The number of aromatic nitrogens is 2. The maximum atomic E-state index is 13.5. The van der Waals surface area contributed by atoms with Crippen molar-refractivity contribution >= 4 is 32.6 Å². The molecule has 3 aromatic heterocycles. The number of rotatable bonds is 6. The Bertz CT molecular complexity index is 1160. The van der Waals surface area contributed by atoms with Gasteiger partial charge in [0.05, 0.1) is 26.3 Å². The van der Waals surface area contributed by atoms with Crippen LogP contribution < -0.4 is 14.4 Å². The molecule has 0 fully saturated rings. The number of furan rings is 1. The molecule has 0 aliphatic heterocycles. The van der Waals surface area contributed by atoms with E-state index in [2.05, 4.69) is 4.98 Å². The van der Waals surface area contributed by atoms with Crippen LogP contribution in [0, 0.1) is 13.8 Å². The third-order valence-corrected chi connectivity index (χ3v) is 5.80. The van der Waals surface area contributed by atoms with Crippen molar-refractivity contribution in [2.45, 2.75) is 20.4 Å². The molecule has 154 valence electrons. The highest BCUT2D eigenvalue weighted by Crippen LogP contribution is 2.40. The fourth-order valence-corrected chi connectivity index (χ4v) is 4.35. The van der Waals surface area contributed by atoms with E-state index in [9.17, 15) is 4.79 Å². The Morgan fingerprint density at radius 1 is 1.17 bits per heavy atom. The molecule has 4 aromatic rings. The molecular formula is C22H21N3O4S. The zero-order chi connectivity index (χ0) is 21.3. The average molecular weight is 423 g/mol. The third-order valence-electron chi connectivity index (χ3n) is 4.71. The zero-order valence-electron chi connectivity index (χ0n) is 17.1. The summed E-state index contributed by atoms with van der Waals surface area (Å²) in [6.07, 6.45) is 3.44. The molecule has 0 spiro atoms. The number of aryl methyl sites for hydroxylation is 2. The lowest BCUT2D eigenvalue weighted by atomic mass is 10.2. The number of pyridine rings is 1. The van der Waals surface area contributed by atoms with Crippen molar-refractivity contribution in [3.63, 3.8) is 0 Å². The zero-order valence-corrected chi connectivity index (χ0v) is 17.9. The van der Waals surface area contributed by atoms with Gasteiger partial charge in [0.15, 0.2) is 5.13 Å². The van der Waals surface area contributed by atoms with Crippen LogP contribution in [0.4, 0.5) is 5.13 Å². The molecule has 30 heavy (non-hydrogen) atoms. The minimum Gasteiger partial charge on any atom is -0.495 e. The monoisotopic (exact) mass is 423 g/mol. The largest absolute Gasteiger partial charge is 0.495 e. The number of methoxy groups -OCH3 is 2. The number of benzene rings is 1. The van der Waals surface area contributed by atoms with Crippen LogP contribution in [-0.4, -0.2) is 30.1 Å². The topological polar surface area (TPSA) is 77.7 Å². The van der Waals surface area contributed by atoms with Crippen LogP contribution >= 0.6 is 11.3 Å². The van der Waals surface area contributed by atoms with Gasteiger partial charge in [0, 0.05) is 12.4 Å². The van der Waals surface area contributed by atoms with Crippen molar-refractivity contribution < 1.29 is 18.7 Å². The Morgan fingerprint density at radius 2 is 1.93 bits per heavy atom. The fourth-order valence-electron chi connectivity index (χ4n) is 3.28. The first-order valence-electron chi connectivity index (χ1n) is 9.31. The predicted molar refractivity (Wildman–Crippen MR) is 116 cm³/mol. The van der Waals surface area contributed by atoms with Gasteiger partial charge in [0.25, 0.3) is 5.91 Å². The first-order chi connectivity index (χ1) is 14.5. The van der Waals surface area contributed by atoms with E-state index in [1.807, 2.05) is 31.2 Å². The number of thiazole rings is 1. The molecule has 8 heteroatoms. The Morgan fingerprint density at radius 3 is 2.57 bits per heavy atom. The molecule has 1 aromatic carbocycles. The quantitative estimate of drug-likeness (QED) is 0.445. The number of carbonyl (C=O) groups is 1. The van der Waals surface area contributed by atoms with Crippen LogP contribution in [-0.2, 0) is 6.54 Å². The second-order valence-electron chi connectivity index (χ2n) is 6.72. The van der Waals surface area contributed by atoms with Crippen LogP contribution in [0.3, 0.4) is 0 Å². The maximum Gasteiger partial charge on any atom is 0.263 e. The summed E-state index contributed by atoms with van der Waals surface area (Å²) in [6.45, 7) is 3.93. The normalized spacial score (nSPS) is 10.9. The van der Waals surface area contributed by atoms with Gasteiger partial charge in [-0.15, -0.1) is 0 Å². The van der Waals surface area contributed by atoms with E-state index < -0.39 is 0 Å². The molecular weight excluding hydrogens is 402 g/mol. The number of ether oxygens (including phenoxy) is 2. The molecule has 7 nitrogen and oxygen atoms in total. The first-order valence-corrected chi connectivity index (χ1v) is 10.1. The van der Waals surface area contributed by atoms with Crippen LogP contribution in [0.5, 0.6) is 11.5 Å². The standard InChI is InChI=1S/C22H21N3O4S/c1-13-10-16(14(2)29-13)21(26)25(12-15-6-5-9-23-11-15)22-24-19-17(27-3)7-8-18(28-4)20(19)30-22/h5-11H,12H2,1-4H3. The Kier molecular flexibility index (Phi) is 5.41. The number of hydrogen-bond donors (Lipinski definition) is 0. The van der Waals surface area contributed by atoms with E-state index in [0.29, 0.717) is 45.8 Å². The molecule has 0 bridgehead atoms. The van der Waals surface area contributed by atoms with E-state index >= 15 is 0 Å². The summed E-state index contributed by atoms with van der Waals surface area (Å²) in [5, 5.41) is 0.542. The summed E-state index contributed by atoms with van der Waals surface area (Å²) in [7, 11) is 3.20. The van der Waals surface area contributed by atoms with Gasteiger partial charge in [-0.05, 0) is 43.7 Å². The van der Waals surface area contributed by atoms with Crippen molar-refractivity contribution in [3.05, 3.63) is 65.4 Å². The second kappa shape index (κ2) is 8.16. The van der Waals surface area contributed by atoms with Crippen molar-refractivity contribution in [1.82, 2.24) is 9.97 Å². The van der Waals surface area contributed by atoms with E-state index in [1.54, 1.807) is 44.5 Å².